The van der Waals surface area contributed by atoms with Crippen molar-refractivity contribution in [1.82, 2.24) is 9.78 Å². The van der Waals surface area contributed by atoms with Crippen LogP contribution < -0.4 is 10.1 Å². The minimum absolute atomic E-state index is 0.0555. The highest BCUT2D eigenvalue weighted by atomic mass is 35.5. The maximum atomic E-state index is 14.1. The van der Waals surface area contributed by atoms with E-state index in [1.165, 1.54) is 23.0 Å². The fourth-order valence-corrected chi connectivity index (χ4v) is 3.91. The van der Waals surface area contributed by atoms with Gasteiger partial charge in [-0.25, -0.2) is 4.39 Å². The minimum Gasteiger partial charge on any atom is -0.487 e. The molecule has 0 unspecified atom stereocenters. The van der Waals surface area contributed by atoms with E-state index in [2.05, 4.69) is 10.4 Å². The van der Waals surface area contributed by atoms with Gasteiger partial charge in [0.2, 0.25) is 0 Å². The third-order valence-electron chi connectivity index (χ3n) is 4.83. The van der Waals surface area contributed by atoms with Gasteiger partial charge in [0.15, 0.2) is 5.82 Å². The number of carbonyl (C=O) groups is 1. The zero-order valence-electron chi connectivity index (χ0n) is 17.4. The van der Waals surface area contributed by atoms with E-state index in [1.807, 2.05) is 6.07 Å². The number of rotatable bonds is 7. The Bertz CT molecular complexity index is 1340. The van der Waals surface area contributed by atoms with Gasteiger partial charge in [0.25, 0.3) is 5.91 Å². The molecule has 0 saturated carbocycles. The van der Waals surface area contributed by atoms with Gasteiger partial charge in [-0.05, 0) is 42.0 Å². The van der Waals surface area contributed by atoms with Crippen molar-refractivity contribution in [3.05, 3.63) is 109 Å². The highest BCUT2D eigenvalue weighted by Gasteiger charge is 2.15. The average molecular weight is 539 g/mol. The maximum Gasteiger partial charge on any atom is 0.256 e. The third-order valence-corrected chi connectivity index (χ3v) is 6.26. The third kappa shape index (κ3) is 5.65. The number of halogens is 5. The normalized spacial score (nSPS) is 10.9. The molecule has 1 amide bonds. The fraction of sp³-hybridized carbons (Fsp3) is 0.0833. The van der Waals surface area contributed by atoms with E-state index in [9.17, 15) is 9.18 Å². The molecule has 0 atom stereocenters. The number of hydrogen-bond acceptors (Lipinski definition) is 3. The number of ether oxygens (including phenoxy) is 1. The summed E-state index contributed by atoms with van der Waals surface area (Å²) >= 11 is 24.5. The highest BCUT2D eigenvalue weighted by Crippen LogP contribution is 2.32. The van der Waals surface area contributed by atoms with Crippen LogP contribution in [0.25, 0.3) is 0 Å². The molecule has 1 N–H and O–H groups in total. The van der Waals surface area contributed by atoms with Crippen molar-refractivity contribution in [2.75, 3.05) is 5.32 Å². The molecule has 174 valence electrons. The SMILES string of the molecule is O=C(Nc1nn(Cc2c(F)cccc2Cl)cc1Cl)c1cccc(COc2cccc(Cl)c2Cl)c1. The zero-order chi connectivity index (χ0) is 24.2. The number of carbonyl (C=O) groups excluding carboxylic acids is 1. The van der Waals surface area contributed by atoms with Gasteiger partial charge in [0.1, 0.15) is 28.2 Å². The van der Waals surface area contributed by atoms with Crippen LogP contribution in [-0.4, -0.2) is 15.7 Å². The van der Waals surface area contributed by atoms with Crippen LogP contribution in [0.15, 0.2) is 66.9 Å². The smallest absolute Gasteiger partial charge is 0.256 e. The molecule has 0 bridgehead atoms. The number of nitrogens with one attached hydrogen (secondary N) is 1. The Hall–Kier alpha value is -2.77. The standard InChI is InChI=1S/C24H16Cl4FN3O2/c25-17-6-2-8-20(29)16(17)11-32-12-19(27)23(31-32)30-24(33)15-5-1-4-14(10-15)13-34-21-9-3-7-18(26)22(21)28/h1-10,12H,11,13H2,(H,30,31,33). The van der Waals surface area contributed by atoms with E-state index in [-0.39, 0.29) is 34.6 Å². The molecule has 0 fully saturated rings. The Balaban J connectivity index is 1.44. The lowest BCUT2D eigenvalue weighted by Crippen LogP contribution is -2.14. The molecule has 0 radical (unpaired) electrons. The second-order valence-electron chi connectivity index (χ2n) is 7.22. The van der Waals surface area contributed by atoms with Gasteiger partial charge in [0.05, 0.1) is 11.6 Å². The average Bonchev–Trinajstić information content (AvgIpc) is 3.16. The van der Waals surface area contributed by atoms with Gasteiger partial charge in [-0.15, -0.1) is 0 Å². The largest absolute Gasteiger partial charge is 0.487 e. The van der Waals surface area contributed by atoms with Gasteiger partial charge < -0.3 is 10.1 Å². The Labute approximate surface area is 215 Å². The highest BCUT2D eigenvalue weighted by molar-refractivity contribution is 6.42. The number of hydrogen-bond donors (Lipinski definition) is 1. The topological polar surface area (TPSA) is 56.2 Å². The van der Waals surface area contributed by atoms with Gasteiger partial charge >= 0.3 is 0 Å². The second-order valence-corrected chi connectivity index (χ2v) is 8.82. The summed E-state index contributed by atoms with van der Waals surface area (Å²) in [6, 6.07) is 16.4. The molecule has 1 heterocycles. The molecular formula is C24H16Cl4FN3O2. The summed E-state index contributed by atoms with van der Waals surface area (Å²) in [6.45, 7) is 0.236. The lowest BCUT2D eigenvalue weighted by atomic mass is 10.1. The Kier molecular flexibility index (Phi) is 7.63. The fourth-order valence-electron chi connectivity index (χ4n) is 3.15. The van der Waals surface area contributed by atoms with Crippen LogP contribution in [0.4, 0.5) is 10.2 Å². The summed E-state index contributed by atoms with van der Waals surface area (Å²) in [6.07, 6.45) is 1.49. The van der Waals surface area contributed by atoms with E-state index in [0.717, 1.165) is 5.56 Å². The molecule has 4 rings (SSSR count). The van der Waals surface area contributed by atoms with E-state index in [4.69, 9.17) is 51.1 Å². The molecule has 0 aliphatic carbocycles. The van der Waals surface area contributed by atoms with Crippen molar-refractivity contribution < 1.29 is 13.9 Å². The molecule has 1 aromatic heterocycles. The molecule has 0 saturated heterocycles. The van der Waals surface area contributed by atoms with E-state index < -0.39 is 11.7 Å². The maximum absolute atomic E-state index is 14.1. The van der Waals surface area contributed by atoms with Crippen LogP contribution in [0.3, 0.4) is 0 Å². The first-order chi connectivity index (χ1) is 16.3. The first kappa shape index (κ1) is 24.4. The molecule has 4 aromatic rings. The van der Waals surface area contributed by atoms with Crippen molar-refractivity contribution in [3.63, 3.8) is 0 Å². The minimum atomic E-state index is -0.456. The van der Waals surface area contributed by atoms with Crippen molar-refractivity contribution in [2.45, 2.75) is 13.2 Å². The summed E-state index contributed by atoms with van der Waals surface area (Å²) in [5.41, 5.74) is 1.39. The summed E-state index contributed by atoms with van der Waals surface area (Å²) in [7, 11) is 0. The van der Waals surface area contributed by atoms with Crippen molar-refractivity contribution in [1.29, 1.82) is 0 Å². The van der Waals surface area contributed by atoms with Gasteiger partial charge in [-0.2, -0.15) is 5.10 Å². The Morgan fingerprint density at radius 3 is 2.50 bits per heavy atom. The van der Waals surface area contributed by atoms with Crippen molar-refractivity contribution in [2.24, 2.45) is 0 Å². The molecule has 0 aliphatic heterocycles. The number of aromatic nitrogens is 2. The second kappa shape index (κ2) is 10.7. The predicted octanol–water partition coefficient (Wildman–Crippen LogP) is 7.52. The summed E-state index contributed by atoms with van der Waals surface area (Å²) in [5, 5.41) is 8.10. The lowest BCUT2D eigenvalue weighted by Gasteiger charge is -2.10. The van der Waals surface area contributed by atoms with E-state index in [1.54, 1.807) is 42.5 Å². The molecule has 0 spiro atoms. The van der Waals surface area contributed by atoms with E-state index in [0.29, 0.717) is 21.4 Å². The molecule has 10 heteroatoms. The van der Waals surface area contributed by atoms with Crippen LogP contribution in [0.5, 0.6) is 5.75 Å². The van der Waals surface area contributed by atoms with Crippen molar-refractivity contribution in [3.8, 4) is 5.75 Å². The van der Waals surface area contributed by atoms with Crippen LogP contribution in [0, 0.1) is 5.82 Å². The first-order valence-electron chi connectivity index (χ1n) is 9.95. The monoisotopic (exact) mass is 537 g/mol. The van der Waals surface area contributed by atoms with Gasteiger partial charge in [0, 0.05) is 22.3 Å². The molecule has 0 aliphatic rings. The van der Waals surface area contributed by atoms with Crippen molar-refractivity contribution >= 4 is 58.1 Å². The van der Waals surface area contributed by atoms with Crippen LogP contribution in [0.1, 0.15) is 21.5 Å². The predicted molar refractivity (Wildman–Crippen MR) is 133 cm³/mol. The number of nitrogens with zero attached hydrogens (tertiary/aromatic N) is 2. The lowest BCUT2D eigenvalue weighted by molar-refractivity contribution is 0.102. The van der Waals surface area contributed by atoms with Gasteiger partial charge in [-0.3, -0.25) is 9.48 Å². The van der Waals surface area contributed by atoms with E-state index >= 15 is 0 Å². The quantitative estimate of drug-likeness (QED) is 0.265. The zero-order valence-corrected chi connectivity index (χ0v) is 20.4. The van der Waals surface area contributed by atoms with Crippen LogP contribution in [-0.2, 0) is 13.2 Å². The van der Waals surface area contributed by atoms with Gasteiger partial charge in [-0.1, -0.05) is 70.7 Å². The number of amides is 1. The summed E-state index contributed by atoms with van der Waals surface area (Å²) in [5.74, 6) is -0.288. The summed E-state index contributed by atoms with van der Waals surface area (Å²) in [4.78, 5) is 12.8. The van der Waals surface area contributed by atoms with Crippen LogP contribution >= 0.6 is 46.4 Å². The molecule has 5 nitrogen and oxygen atoms in total. The molecular weight excluding hydrogens is 523 g/mol. The Morgan fingerprint density at radius 2 is 1.71 bits per heavy atom. The molecule has 34 heavy (non-hydrogen) atoms. The first-order valence-corrected chi connectivity index (χ1v) is 11.5. The Morgan fingerprint density at radius 1 is 0.971 bits per heavy atom. The summed E-state index contributed by atoms with van der Waals surface area (Å²) < 4.78 is 21.2. The molecule has 3 aromatic carbocycles. The number of anilines is 1. The number of benzene rings is 3. The van der Waals surface area contributed by atoms with Crippen LogP contribution in [0.2, 0.25) is 20.1 Å².